The number of Topliss-reactive ketones (excluding diaryl/α,β-unsaturated/α-hetero) is 1. The van der Waals surface area contributed by atoms with Crippen LogP contribution in [-0.2, 0) is 22.6 Å². The van der Waals surface area contributed by atoms with Gasteiger partial charge in [0.1, 0.15) is 35.2 Å². The number of ketones is 1. The Balaban J connectivity index is 1.58. The summed E-state index contributed by atoms with van der Waals surface area (Å²) in [6.07, 6.45) is 2.24. The number of hydrogen-bond acceptors (Lipinski definition) is 6. The Bertz CT molecular complexity index is 1260. The van der Waals surface area contributed by atoms with Crippen LogP contribution in [0.5, 0.6) is 11.5 Å². The maximum atomic E-state index is 13.1. The van der Waals surface area contributed by atoms with Crippen LogP contribution in [0.2, 0.25) is 0 Å². The fourth-order valence-corrected chi connectivity index (χ4v) is 4.48. The number of aliphatic hydroxyl groups is 1. The van der Waals surface area contributed by atoms with Crippen LogP contribution in [0.4, 0.5) is 0 Å². The maximum Gasteiger partial charge on any atom is 0.296 e. The smallest absolute Gasteiger partial charge is 0.296 e. The molecule has 1 saturated heterocycles. The van der Waals surface area contributed by atoms with Crippen LogP contribution in [0, 0.1) is 0 Å². The van der Waals surface area contributed by atoms with Crippen LogP contribution in [-0.4, -0.2) is 34.9 Å². The van der Waals surface area contributed by atoms with E-state index in [2.05, 4.69) is 0 Å². The van der Waals surface area contributed by atoms with Crippen molar-refractivity contribution < 1.29 is 28.6 Å². The number of likely N-dealkylation sites (tertiary alicyclic amines) is 1. The molecule has 2 aliphatic rings. The van der Waals surface area contributed by atoms with Gasteiger partial charge >= 0.3 is 0 Å². The number of furan rings is 1. The largest absolute Gasteiger partial charge is 0.507 e. The molecule has 2 unspecified atom stereocenters. The number of hydrogen-bond donors (Lipinski definition) is 1. The molecule has 2 aliphatic heterocycles. The summed E-state index contributed by atoms with van der Waals surface area (Å²) in [7, 11) is 1.57. The molecule has 7 nitrogen and oxygen atoms in total. The summed E-state index contributed by atoms with van der Waals surface area (Å²) in [5.41, 5.74) is 2.20. The second kappa shape index (κ2) is 8.16. The second-order valence-corrected chi connectivity index (χ2v) is 8.25. The van der Waals surface area contributed by atoms with E-state index in [1.165, 1.54) is 11.2 Å². The number of rotatable bonds is 5. The molecule has 0 saturated carbocycles. The van der Waals surface area contributed by atoms with Crippen molar-refractivity contribution >= 4 is 17.4 Å². The lowest BCUT2D eigenvalue weighted by molar-refractivity contribution is -0.140. The van der Waals surface area contributed by atoms with E-state index in [9.17, 15) is 14.7 Å². The summed E-state index contributed by atoms with van der Waals surface area (Å²) in [5.74, 6) is 0.135. The van der Waals surface area contributed by atoms with Crippen LogP contribution >= 0.6 is 0 Å². The molecule has 168 valence electrons. The summed E-state index contributed by atoms with van der Waals surface area (Å²) >= 11 is 0. The van der Waals surface area contributed by atoms with Gasteiger partial charge in [-0.05, 0) is 60.5 Å². The van der Waals surface area contributed by atoms with Gasteiger partial charge in [0.05, 0.1) is 18.9 Å². The summed E-state index contributed by atoms with van der Waals surface area (Å²) in [4.78, 5) is 27.6. The Morgan fingerprint density at radius 2 is 2.00 bits per heavy atom. The number of amides is 1. The maximum absolute atomic E-state index is 13.1. The summed E-state index contributed by atoms with van der Waals surface area (Å²) in [6, 6.07) is 15.1. The highest BCUT2D eigenvalue weighted by Gasteiger charge is 2.47. The standard InChI is InChI=1S/C26H23NO6/c1-15-11-18-13-17(8-9-20(18)33-15)24(28)22-23(21-7-4-10-32-21)27(26(30)25(22)29)14-16-5-3-6-19(12-16)31-2/h3-10,12-13,15,23,28H,11,14H2,1-2H3/b24-22-. The number of carbonyl (C=O) groups is 2. The van der Waals surface area contributed by atoms with E-state index in [1.54, 1.807) is 43.5 Å². The number of benzene rings is 2. The van der Waals surface area contributed by atoms with Crippen LogP contribution in [0.3, 0.4) is 0 Å². The Morgan fingerprint density at radius 3 is 2.76 bits per heavy atom. The molecule has 0 radical (unpaired) electrons. The summed E-state index contributed by atoms with van der Waals surface area (Å²) in [5, 5.41) is 11.2. The third-order valence-electron chi connectivity index (χ3n) is 6.01. The topological polar surface area (TPSA) is 89.2 Å². The van der Waals surface area contributed by atoms with Crippen LogP contribution in [0.25, 0.3) is 5.76 Å². The Hall–Kier alpha value is -4.00. The fraction of sp³-hybridized carbons (Fsp3) is 0.231. The third-order valence-corrected chi connectivity index (χ3v) is 6.01. The molecule has 1 N–H and O–H groups in total. The van der Waals surface area contributed by atoms with Crippen molar-refractivity contribution in [2.75, 3.05) is 7.11 Å². The molecule has 7 heteroatoms. The van der Waals surface area contributed by atoms with Gasteiger partial charge in [-0.1, -0.05) is 12.1 Å². The molecule has 5 rings (SSSR count). The Kier molecular flexibility index (Phi) is 5.17. The minimum atomic E-state index is -0.852. The zero-order valence-corrected chi connectivity index (χ0v) is 18.3. The number of methoxy groups -OCH3 is 1. The third kappa shape index (κ3) is 3.65. The lowest BCUT2D eigenvalue weighted by Crippen LogP contribution is -2.29. The first-order valence-corrected chi connectivity index (χ1v) is 10.7. The SMILES string of the molecule is COc1cccc(CN2C(=O)C(=O)/C(=C(\O)c3ccc4c(c3)CC(C)O4)C2c2ccco2)c1. The fourth-order valence-electron chi connectivity index (χ4n) is 4.48. The van der Waals surface area contributed by atoms with E-state index in [0.717, 1.165) is 16.9 Å². The van der Waals surface area contributed by atoms with Crippen molar-refractivity contribution in [1.82, 2.24) is 4.90 Å². The molecule has 1 fully saturated rings. The molecule has 2 atom stereocenters. The summed E-state index contributed by atoms with van der Waals surface area (Å²) < 4.78 is 16.6. The molecule has 3 heterocycles. The molecule has 2 aromatic carbocycles. The zero-order valence-electron chi connectivity index (χ0n) is 18.3. The van der Waals surface area contributed by atoms with Crippen molar-refractivity contribution in [3.63, 3.8) is 0 Å². The minimum absolute atomic E-state index is 0.00441. The molecule has 0 spiro atoms. The molecule has 0 bridgehead atoms. The number of fused-ring (bicyclic) bond motifs is 1. The van der Waals surface area contributed by atoms with Gasteiger partial charge in [0.15, 0.2) is 0 Å². The molecule has 0 aliphatic carbocycles. The molecular weight excluding hydrogens is 422 g/mol. The van der Waals surface area contributed by atoms with E-state index < -0.39 is 17.7 Å². The Labute approximate surface area is 190 Å². The summed E-state index contributed by atoms with van der Waals surface area (Å²) in [6.45, 7) is 2.13. The number of nitrogens with zero attached hydrogens (tertiary/aromatic N) is 1. The lowest BCUT2D eigenvalue weighted by atomic mass is 9.97. The minimum Gasteiger partial charge on any atom is -0.507 e. The molecule has 1 aromatic heterocycles. The van der Waals surface area contributed by atoms with Crippen LogP contribution in [0.1, 0.15) is 35.4 Å². The normalized spacial score (nSPS) is 21.2. The van der Waals surface area contributed by atoms with Gasteiger partial charge in [0.2, 0.25) is 0 Å². The molecule has 33 heavy (non-hydrogen) atoms. The highest BCUT2D eigenvalue weighted by atomic mass is 16.5. The van der Waals surface area contributed by atoms with Gasteiger partial charge in [0.25, 0.3) is 11.7 Å². The van der Waals surface area contributed by atoms with Gasteiger partial charge < -0.3 is 23.9 Å². The molecular formula is C26H23NO6. The average Bonchev–Trinajstić information content (AvgIpc) is 3.53. The van der Waals surface area contributed by atoms with E-state index in [0.29, 0.717) is 23.5 Å². The van der Waals surface area contributed by atoms with E-state index >= 15 is 0 Å². The number of ether oxygens (including phenoxy) is 2. The van der Waals surface area contributed by atoms with Crippen molar-refractivity contribution in [3.8, 4) is 11.5 Å². The van der Waals surface area contributed by atoms with Gasteiger partial charge in [-0.25, -0.2) is 0 Å². The van der Waals surface area contributed by atoms with Crippen molar-refractivity contribution in [3.05, 3.63) is 88.9 Å². The van der Waals surface area contributed by atoms with Crippen LogP contribution < -0.4 is 9.47 Å². The number of aliphatic hydroxyl groups excluding tert-OH is 1. The van der Waals surface area contributed by atoms with Gasteiger partial charge in [0, 0.05) is 18.5 Å². The Morgan fingerprint density at radius 1 is 1.15 bits per heavy atom. The molecule has 1 amide bonds. The zero-order chi connectivity index (χ0) is 23.1. The van der Waals surface area contributed by atoms with Crippen molar-refractivity contribution in [2.45, 2.75) is 32.0 Å². The van der Waals surface area contributed by atoms with Crippen molar-refractivity contribution in [1.29, 1.82) is 0 Å². The molecule has 3 aromatic rings. The van der Waals surface area contributed by atoms with E-state index in [1.807, 2.05) is 25.1 Å². The van der Waals surface area contributed by atoms with Crippen molar-refractivity contribution in [2.24, 2.45) is 0 Å². The van der Waals surface area contributed by atoms with Gasteiger partial charge in [-0.2, -0.15) is 0 Å². The first-order chi connectivity index (χ1) is 16.0. The van der Waals surface area contributed by atoms with E-state index in [4.69, 9.17) is 13.9 Å². The number of carbonyl (C=O) groups excluding carboxylic acids is 2. The average molecular weight is 445 g/mol. The first-order valence-electron chi connectivity index (χ1n) is 10.7. The monoisotopic (exact) mass is 445 g/mol. The van der Waals surface area contributed by atoms with Crippen LogP contribution in [0.15, 0.2) is 70.9 Å². The van der Waals surface area contributed by atoms with Gasteiger partial charge in [-0.15, -0.1) is 0 Å². The predicted octanol–water partition coefficient (Wildman–Crippen LogP) is 4.23. The predicted molar refractivity (Wildman–Crippen MR) is 120 cm³/mol. The van der Waals surface area contributed by atoms with E-state index in [-0.39, 0.29) is 24.0 Å². The first kappa shape index (κ1) is 20.9. The quantitative estimate of drug-likeness (QED) is 0.359. The van der Waals surface area contributed by atoms with Gasteiger partial charge in [-0.3, -0.25) is 9.59 Å². The highest BCUT2D eigenvalue weighted by Crippen LogP contribution is 2.41. The second-order valence-electron chi connectivity index (χ2n) is 8.25. The highest BCUT2D eigenvalue weighted by molar-refractivity contribution is 6.46. The lowest BCUT2D eigenvalue weighted by Gasteiger charge is -2.23.